The van der Waals surface area contributed by atoms with Gasteiger partial charge in [-0.3, -0.25) is 0 Å². The van der Waals surface area contributed by atoms with Crippen LogP contribution in [0.3, 0.4) is 0 Å². The van der Waals surface area contributed by atoms with Crippen LogP contribution in [0.2, 0.25) is 18.1 Å². The lowest BCUT2D eigenvalue weighted by atomic mass is 9.78. The van der Waals surface area contributed by atoms with Gasteiger partial charge in [0.25, 0.3) is 0 Å². The third-order valence-electron chi connectivity index (χ3n) is 6.43. The minimum atomic E-state index is -1.96. The van der Waals surface area contributed by atoms with Crippen LogP contribution in [0, 0.1) is 0 Å². The first-order valence-corrected chi connectivity index (χ1v) is 12.0. The number of ether oxygens (including phenoxy) is 4. The smallest absolute Gasteiger partial charge is 0.216 e. The minimum absolute atomic E-state index is 0.110. The van der Waals surface area contributed by atoms with E-state index < -0.39 is 19.9 Å². The average Bonchev–Trinajstić information content (AvgIpc) is 2.57. The summed E-state index contributed by atoms with van der Waals surface area (Å²) in [4.78, 5) is 0. The zero-order chi connectivity index (χ0) is 20.6. The second-order valence-corrected chi connectivity index (χ2v) is 13.3. The molecule has 6 heteroatoms. The van der Waals surface area contributed by atoms with Gasteiger partial charge in [0.15, 0.2) is 8.32 Å². The van der Waals surface area contributed by atoms with Crippen molar-refractivity contribution < 1.29 is 23.4 Å². The largest absolute Gasteiger partial charge is 0.413 e. The van der Waals surface area contributed by atoms with E-state index in [4.69, 9.17) is 23.4 Å². The Hall–Kier alpha value is -0.503. The summed E-state index contributed by atoms with van der Waals surface area (Å²) in [7, 11) is 4.67. The minimum Gasteiger partial charge on any atom is -0.413 e. The van der Waals surface area contributed by atoms with Crippen molar-refractivity contribution in [2.24, 2.45) is 0 Å². The Morgan fingerprint density at radius 1 is 0.731 bits per heavy atom. The lowest BCUT2D eigenvalue weighted by molar-refractivity contribution is -0.186. The van der Waals surface area contributed by atoms with E-state index in [9.17, 15) is 0 Å². The van der Waals surface area contributed by atoms with Crippen molar-refractivity contribution in [2.45, 2.75) is 71.2 Å². The molecule has 0 radical (unpaired) electrons. The van der Waals surface area contributed by atoms with Crippen molar-refractivity contribution in [1.82, 2.24) is 0 Å². The fourth-order valence-electron chi connectivity index (χ4n) is 3.45. The summed E-state index contributed by atoms with van der Waals surface area (Å²) in [5.74, 6) is -1.91. The zero-order valence-electron chi connectivity index (χ0n) is 18.7. The van der Waals surface area contributed by atoms with Crippen molar-refractivity contribution in [2.75, 3.05) is 35.0 Å². The molecule has 1 aliphatic rings. The van der Waals surface area contributed by atoms with Crippen LogP contribution in [0.15, 0.2) is 22.3 Å². The quantitative estimate of drug-likeness (QED) is 0.362. The highest BCUT2D eigenvalue weighted by Crippen LogP contribution is 2.48. The summed E-state index contributed by atoms with van der Waals surface area (Å²) in [6.07, 6.45) is 0. The Bertz CT molecular complexity index is 575. The van der Waals surface area contributed by atoms with Crippen LogP contribution >= 0.6 is 0 Å². The second-order valence-electron chi connectivity index (χ2n) is 8.45. The molecule has 1 rings (SSSR count). The van der Waals surface area contributed by atoms with Gasteiger partial charge in [-0.25, -0.2) is 0 Å². The van der Waals surface area contributed by atoms with Crippen LogP contribution in [-0.2, 0) is 23.4 Å². The van der Waals surface area contributed by atoms with E-state index in [1.165, 1.54) is 0 Å². The maximum atomic E-state index is 6.52. The maximum absolute atomic E-state index is 6.52. The number of rotatable bonds is 7. The van der Waals surface area contributed by atoms with E-state index in [1.54, 1.807) is 28.4 Å². The molecular weight excluding hydrogens is 348 g/mol. The van der Waals surface area contributed by atoms with Crippen LogP contribution in [-0.4, -0.2) is 54.9 Å². The first-order valence-electron chi connectivity index (χ1n) is 9.05. The van der Waals surface area contributed by atoms with E-state index in [0.29, 0.717) is 6.61 Å². The number of hydrogen-bond donors (Lipinski definition) is 0. The average molecular weight is 387 g/mol. The van der Waals surface area contributed by atoms with Gasteiger partial charge in [0.2, 0.25) is 11.6 Å². The van der Waals surface area contributed by atoms with E-state index in [2.05, 4.69) is 33.9 Å². The molecule has 0 aliphatic heterocycles. The molecule has 26 heavy (non-hydrogen) atoms. The van der Waals surface area contributed by atoms with Crippen LogP contribution in [0.5, 0.6) is 0 Å². The van der Waals surface area contributed by atoms with E-state index in [0.717, 1.165) is 22.3 Å². The highest BCUT2D eigenvalue weighted by atomic mass is 28.4. The fraction of sp³-hybridized carbons (Fsp3) is 0.800. The molecule has 0 heterocycles. The Labute approximate surface area is 160 Å². The van der Waals surface area contributed by atoms with Gasteiger partial charge in [0.1, 0.15) is 0 Å². The Morgan fingerprint density at radius 3 is 1.46 bits per heavy atom. The van der Waals surface area contributed by atoms with Crippen molar-refractivity contribution >= 4 is 8.32 Å². The molecular formula is C20H38O5Si. The SMILES string of the molecule is COC1(OC)C(C)=C(C)C(OC)(OC)C(CO[Si](C)(C)C(C)(C)C)=C1C. The molecule has 152 valence electrons. The predicted molar refractivity (Wildman–Crippen MR) is 108 cm³/mol. The van der Waals surface area contributed by atoms with Gasteiger partial charge in [-0.05, 0) is 55.6 Å². The molecule has 0 atom stereocenters. The lowest BCUT2D eigenvalue weighted by Gasteiger charge is -2.47. The Balaban J connectivity index is 3.54. The van der Waals surface area contributed by atoms with Crippen molar-refractivity contribution in [3.8, 4) is 0 Å². The molecule has 0 saturated heterocycles. The first kappa shape index (κ1) is 23.5. The number of hydrogen-bond acceptors (Lipinski definition) is 5. The molecule has 0 unspecified atom stereocenters. The third-order valence-corrected chi connectivity index (χ3v) is 10.9. The molecule has 1 aliphatic carbocycles. The standard InChI is InChI=1S/C20H38O5Si/c1-14-15(2)20(23-9,24-10)17(16(3)19(14,21-7)22-8)13-25-26(11,12)18(4,5)6/h13H2,1-12H3. The summed E-state index contributed by atoms with van der Waals surface area (Å²) >= 11 is 0. The lowest BCUT2D eigenvalue weighted by Crippen LogP contribution is -2.52. The Kier molecular flexibility index (Phi) is 7.11. The number of methoxy groups -OCH3 is 4. The summed E-state index contributed by atoms with van der Waals surface area (Å²) in [6, 6.07) is 0. The van der Waals surface area contributed by atoms with Crippen molar-refractivity contribution in [1.29, 1.82) is 0 Å². The van der Waals surface area contributed by atoms with Gasteiger partial charge >= 0.3 is 0 Å². The third kappa shape index (κ3) is 3.48. The molecule has 5 nitrogen and oxygen atoms in total. The molecule has 0 aromatic heterocycles. The molecule has 0 fully saturated rings. The van der Waals surface area contributed by atoms with E-state index in [-0.39, 0.29) is 5.04 Å². The molecule has 0 saturated carbocycles. The molecule has 0 amide bonds. The molecule has 0 aromatic carbocycles. The predicted octanol–water partition coefficient (Wildman–Crippen LogP) is 4.65. The van der Waals surface area contributed by atoms with Gasteiger partial charge in [-0.15, -0.1) is 0 Å². The van der Waals surface area contributed by atoms with Gasteiger partial charge in [0, 0.05) is 34.0 Å². The normalized spacial score (nSPS) is 20.8. The van der Waals surface area contributed by atoms with Gasteiger partial charge in [-0.2, -0.15) is 0 Å². The van der Waals surface area contributed by atoms with Crippen molar-refractivity contribution in [3.63, 3.8) is 0 Å². The van der Waals surface area contributed by atoms with Gasteiger partial charge in [0.05, 0.1) is 6.61 Å². The monoisotopic (exact) mass is 386 g/mol. The van der Waals surface area contributed by atoms with E-state index in [1.807, 2.05) is 20.8 Å². The summed E-state index contributed by atoms with van der Waals surface area (Å²) in [5.41, 5.74) is 3.66. The van der Waals surface area contributed by atoms with Crippen LogP contribution < -0.4 is 0 Å². The maximum Gasteiger partial charge on any atom is 0.216 e. The Morgan fingerprint density at radius 2 is 1.12 bits per heavy atom. The summed E-state index contributed by atoms with van der Waals surface area (Å²) in [6.45, 7) is 17.5. The second kappa shape index (κ2) is 7.85. The molecule has 0 bridgehead atoms. The molecule has 0 N–H and O–H groups in total. The summed E-state index contributed by atoms with van der Waals surface area (Å²) in [5, 5.41) is 0.110. The fourth-order valence-corrected chi connectivity index (χ4v) is 4.39. The van der Waals surface area contributed by atoms with Crippen LogP contribution in [0.1, 0.15) is 41.5 Å². The zero-order valence-corrected chi connectivity index (χ0v) is 19.7. The van der Waals surface area contributed by atoms with Gasteiger partial charge in [-0.1, -0.05) is 20.8 Å². The first-order chi connectivity index (χ1) is 11.8. The van der Waals surface area contributed by atoms with E-state index >= 15 is 0 Å². The van der Waals surface area contributed by atoms with Crippen LogP contribution in [0.4, 0.5) is 0 Å². The summed E-state index contributed by atoms with van der Waals surface area (Å²) < 4.78 is 30.0. The van der Waals surface area contributed by atoms with Crippen LogP contribution in [0.25, 0.3) is 0 Å². The molecule has 0 aromatic rings. The molecule has 0 spiro atoms. The highest BCUT2D eigenvalue weighted by molar-refractivity contribution is 6.74. The van der Waals surface area contributed by atoms with Crippen molar-refractivity contribution in [3.05, 3.63) is 22.3 Å². The highest BCUT2D eigenvalue weighted by Gasteiger charge is 2.52. The van der Waals surface area contributed by atoms with Gasteiger partial charge < -0.3 is 23.4 Å². The topological polar surface area (TPSA) is 46.2 Å².